The Morgan fingerprint density at radius 3 is 2.51 bits per heavy atom. The van der Waals surface area contributed by atoms with E-state index in [-0.39, 0.29) is 11.8 Å². The lowest BCUT2D eigenvalue weighted by Gasteiger charge is -2.29. The average Bonchev–Trinajstić information content (AvgIpc) is 2.97. The van der Waals surface area contributed by atoms with E-state index in [1.54, 1.807) is 26.4 Å². The number of hydrogen-bond acceptors (Lipinski definition) is 8. The highest BCUT2D eigenvalue weighted by molar-refractivity contribution is 6.06. The zero-order valence-electron chi connectivity index (χ0n) is 23.1. The zero-order valence-corrected chi connectivity index (χ0v) is 23.1. The lowest BCUT2D eigenvalue weighted by Crippen LogP contribution is -2.43. The fraction of sp³-hybridized carbons (Fsp3) is 0.483. The molecule has 10 heteroatoms. The second-order valence-electron chi connectivity index (χ2n) is 9.72. The molecule has 1 unspecified atom stereocenters. The standard InChI is InChI=1S/C29H39N5O5/c1-4-22-19-27(35)34(32-28(22)23-8-11-25(37-2)26(18-23)38-3)20-21-6-9-24(10-7-21)31-29(36)39-17-5-14-33-15-12-30-13-16-33/h6-11,18,22,30H,4-5,12-17,19-20H2,1-3H3,(H,31,36). The van der Waals surface area contributed by atoms with E-state index in [0.29, 0.717) is 36.8 Å². The van der Waals surface area contributed by atoms with Crippen LogP contribution in [0.1, 0.15) is 37.3 Å². The number of methoxy groups -OCH3 is 2. The topological polar surface area (TPSA) is 105 Å². The van der Waals surface area contributed by atoms with E-state index in [2.05, 4.69) is 22.5 Å². The van der Waals surface area contributed by atoms with Gasteiger partial charge in [0, 0.05) is 56.3 Å². The number of nitrogens with one attached hydrogen (secondary N) is 2. The Hall–Kier alpha value is -3.63. The molecule has 2 aliphatic heterocycles. The molecule has 2 heterocycles. The van der Waals surface area contributed by atoms with E-state index in [0.717, 1.165) is 62.4 Å². The van der Waals surface area contributed by atoms with Crippen LogP contribution < -0.4 is 20.1 Å². The van der Waals surface area contributed by atoms with Crippen molar-refractivity contribution in [2.75, 3.05) is 58.9 Å². The van der Waals surface area contributed by atoms with Crippen molar-refractivity contribution in [2.45, 2.75) is 32.7 Å². The molecule has 0 spiro atoms. The molecule has 1 saturated heterocycles. The van der Waals surface area contributed by atoms with E-state index >= 15 is 0 Å². The maximum absolute atomic E-state index is 12.9. The van der Waals surface area contributed by atoms with Crippen LogP contribution in [0.15, 0.2) is 47.6 Å². The number of anilines is 1. The van der Waals surface area contributed by atoms with Gasteiger partial charge in [-0.25, -0.2) is 9.80 Å². The monoisotopic (exact) mass is 537 g/mol. The van der Waals surface area contributed by atoms with Gasteiger partial charge >= 0.3 is 6.09 Å². The first-order chi connectivity index (χ1) is 19.0. The molecular weight excluding hydrogens is 498 g/mol. The van der Waals surface area contributed by atoms with Gasteiger partial charge in [0.15, 0.2) is 11.5 Å². The Labute approximate surface area is 230 Å². The Morgan fingerprint density at radius 1 is 1.08 bits per heavy atom. The first-order valence-corrected chi connectivity index (χ1v) is 13.6. The molecule has 2 aliphatic rings. The predicted octanol–water partition coefficient (Wildman–Crippen LogP) is 3.71. The smallest absolute Gasteiger partial charge is 0.411 e. The van der Waals surface area contributed by atoms with Gasteiger partial charge in [-0.05, 0) is 48.7 Å². The molecule has 0 saturated carbocycles. The van der Waals surface area contributed by atoms with Crippen molar-refractivity contribution >= 4 is 23.4 Å². The van der Waals surface area contributed by atoms with Crippen LogP contribution in [0.5, 0.6) is 11.5 Å². The molecule has 10 nitrogen and oxygen atoms in total. The van der Waals surface area contributed by atoms with Gasteiger partial charge < -0.3 is 24.4 Å². The molecule has 4 rings (SSSR count). The third-order valence-electron chi connectivity index (χ3n) is 7.09. The second-order valence-corrected chi connectivity index (χ2v) is 9.72. The summed E-state index contributed by atoms with van der Waals surface area (Å²) in [5, 5.41) is 12.4. The summed E-state index contributed by atoms with van der Waals surface area (Å²) in [6.07, 6.45) is 1.54. The summed E-state index contributed by atoms with van der Waals surface area (Å²) in [4.78, 5) is 27.4. The molecule has 2 N–H and O–H groups in total. The van der Waals surface area contributed by atoms with Crippen LogP contribution in [0.3, 0.4) is 0 Å². The Kier molecular flexibility index (Phi) is 10.2. The Morgan fingerprint density at radius 2 is 1.82 bits per heavy atom. The molecule has 0 radical (unpaired) electrons. The molecule has 2 amide bonds. The molecule has 39 heavy (non-hydrogen) atoms. The molecule has 0 aliphatic carbocycles. The SMILES string of the molecule is CCC1CC(=O)N(Cc2ccc(NC(=O)OCCCN3CCNCC3)cc2)N=C1c1ccc(OC)c(OC)c1. The van der Waals surface area contributed by atoms with E-state index in [1.165, 1.54) is 5.01 Å². The summed E-state index contributed by atoms with van der Waals surface area (Å²) in [7, 11) is 3.20. The highest BCUT2D eigenvalue weighted by Crippen LogP contribution is 2.31. The van der Waals surface area contributed by atoms with Crippen molar-refractivity contribution in [3.05, 3.63) is 53.6 Å². The van der Waals surface area contributed by atoms with Crippen molar-refractivity contribution in [1.82, 2.24) is 15.2 Å². The van der Waals surface area contributed by atoms with Gasteiger partial charge in [0.05, 0.1) is 33.1 Å². The van der Waals surface area contributed by atoms with Crippen LogP contribution in [-0.4, -0.2) is 81.2 Å². The van der Waals surface area contributed by atoms with Gasteiger partial charge in [0.2, 0.25) is 5.91 Å². The Bertz CT molecular complexity index is 1150. The van der Waals surface area contributed by atoms with Crippen molar-refractivity contribution in [3.63, 3.8) is 0 Å². The molecule has 1 atom stereocenters. The molecule has 1 fully saturated rings. The molecular formula is C29H39N5O5. The molecule has 2 aromatic carbocycles. The summed E-state index contributed by atoms with van der Waals surface area (Å²) in [6, 6.07) is 13.1. The van der Waals surface area contributed by atoms with Crippen LogP contribution in [0.2, 0.25) is 0 Å². The number of piperazine rings is 1. The summed E-state index contributed by atoms with van der Waals surface area (Å²) in [6.45, 7) is 7.78. The number of amides is 2. The predicted molar refractivity (Wildman–Crippen MR) is 150 cm³/mol. The van der Waals surface area contributed by atoms with E-state index in [1.807, 2.05) is 30.3 Å². The number of benzene rings is 2. The second kappa shape index (κ2) is 14.0. The third kappa shape index (κ3) is 7.70. The third-order valence-corrected chi connectivity index (χ3v) is 7.09. The molecule has 210 valence electrons. The molecule has 2 aromatic rings. The minimum Gasteiger partial charge on any atom is -0.493 e. The molecule has 0 aromatic heterocycles. The summed E-state index contributed by atoms with van der Waals surface area (Å²) in [5.74, 6) is 1.28. The number of carbonyl (C=O) groups excluding carboxylic acids is 2. The lowest BCUT2D eigenvalue weighted by atomic mass is 9.89. The van der Waals surface area contributed by atoms with E-state index < -0.39 is 6.09 Å². The van der Waals surface area contributed by atoms with Crippen LogP contribution in [-0.2, 0) is 16.1 Å². The fourth-order valence-corrected chi connectivity index (χ4v) is 4.84. The first kappa shape index (κ1) is 28.4. The zero-order chi connectivity index (χ0) is 27.6. The minimum atomic E-state index is -0.468. The lowest BCUT2D eigenvalue weighted by molar-refractivity contribution is -0.133. The van der Waals surface area contributed by atoms with E-state index in [9.17, 15) is 9.59 Å². The average molecular weight is 538 g/mol. The maximum Gasteiger partial charge on any atom is 0.411 e. The number of nitrogens with zero attached hydrogens (tertiary/aromatic N) is 3. The number of ether oxygens (including phenoxy) is 3. The van der Waals surface area contributed by atoms with Crippen LogP contribution >= 0.6 is 0 Å². The number of hydrazone groups is 1. The number of carbonyl (C=O) groups is 2. The highest BCUT2D eigenvalue weighted by atomic mass is 16.5. The van der Waals surface area contributed by atoms with Gasteiger partial charge in [0.25, 0.3) is 0 Å². The van der Waals surface area contributed by atoms with Crippen LogP contribution in [0.25, 0.3) is 0 Å². The molecule has 0 bridgehead atoms. The first-order valence-electron chi connectivity index (χ1n) is 13.6. The number of rotatable bonds is 11. The van der Waals surface area contributed by atoms with Gasteiger partial charge in [-0.1, -0.05) is 19.1 Å². The van der Waals surface area contributed by atoms with E-state index in [4.69, 9.17) is 19.3 Å². The Balaban J connectivity index is 1.33. The fourth-order valence-electron chi connectivity index (χ4n) is 4.84. The summed E-state index contributed by atoms with van der Waals surface area (Å²) in [5.41, 5.74) is 3.30. The highest BCUT2D eigenvalue weighted by Gasteiger charge is 2.29. The van der Waals surface area contributed by atoms with Gasteiger partial charge in [0.1, 0.15) is 0 Å². The quantitative estimate of drug-likeness (QED) is 0.421. The van der Waals surface area contributed by atoms with Crippen molar-refractivity contribution in [1.29, 1.82) is 0 Å². The van der Waals surface area contributed by atoms with Crippen molar-refractivity contribution in [3.8, 4) is 11.5 Å². The van der Waals surface area contributed by atoms with Gasteiger partial charge in [-0.15, -0.1) is 0 Å². The van der Waals surface area contributed by atoms with Gasteiger partial charge in [-0.2, -0.15) is 5.10 Å². The maximum atomic E-state index is 12.9. The number of hydrogen-bond donors (Lipinski definition) is 2. The van der Waals surface area contributed by atoms with Crippen molar-refractivity contribution in [2.24, 2.45) is 11.0 Å². The van der Waals surface area contributed by atoms with Crippen LogP contribution in [0.4, 0.5) is 10.5 Å². The minimum absolute atomic E-state index is 0.0160. The normalized spacial score (nSPS) is 17.9. The van der Waals surface area contributed by atoms with Crippen molar-refractivity contribution < 1.29 is 23.8 Å². The van der Waals surface area contributed by atoms with Gasteiger partial charge in [-0.3, -0.25) is 10.1 Å². The summed E-state index contributed by atoms with van der Waals surface area (Å²) >= 11 is 0. The summed E-state index contributed by atoms with van der Waals surface area (Å²) < 4.78 is 16.2. The largest absolute Gasteiger partial charge is 0.493 e. The van der Waals surface area contributed by atoms with Crippen LogP contribution in [0, 0.1) is 5.92 Å².